The van der Waals surface area contributed by atoms with Gasteiger partial charge in [0.15, 0.2) is 5.22 Å². The minimum Gasteiger partial charge on any atom is -0.444 e. The minimum atomic E-state index is 0.414. The molecule has 1 N–H and O–H groups in total. The Morgan fingerprint density at radius 2 is 1.85 bits per heavy atom. The number of para-hydroxylation sites is 1. The van der Waals surface area contributed by atoms with E-state index >= 15 is 0 Å². The Morgan fingerprint density at radius 3 is 2.70 bits per heavy atom. The number of benzene rings is 2. The molecule has 0 unspecified atom stereocenters. The van der Waals surface area contributed by atoms with E-state index in [0.29, 0.717) is 16.8 Å². The van der Waals surface area contributed by atoms with Crippen molar-refractivity contribution in [3.05, 3.63) is 62.7 Å². The van der Waals surface area contributed by atoms with Gasteiger partial charge in [-0.05, 0) is 45.7 Å². The van der Waals surface area contributed by atoms with Crippen LogP contribution < -0.4 is 5.32 Å². The van der Waals surface area contributed by atoms with Gasteiger partial charge in [0.05, 0.1) is 15.2 Å². The van der Waals surface area contributed by atoms with Gasteiger partial charge in [-0.15, -0.1) is 0 Å². The lowest BCUT2D eigenvalue weighted by Crippen LogP contribution is -2.00. The molecule has 3 aromatic rings. The molecule has 0 aliphatic heterocycles. The van der Waals surface area contributed by atoms with E-state index in [1.165, 1.54) is 0 Å². The van der Waals surface area contributed by atoms with Crippen LogP contribution in [0.4, 0.5) is 5.69 Å². The fourth-order valence-electron chi connectivity index (χ4n) is 2.06. The van der Waals surface area contributed by atoms with E-state index in [1.54, 1.807) is 0 Å². The topological polar surface area (TPSA) is 25.2 Å². The number of fused-ring (bicyclic) bond motifs is 1. The number of furan rings is 1. The van der Waals surface area contributed by atoms with Crippen LogP contribution in [0.1, 0.15) is 5.56 Å². The second-order valence-electron chi connectivity index (χ2n) is 4.31. The highest BCUT2D eigenvalue weighted by Crippen LogP contribution is 2.33. The molecule has 0 radical (unpaired) electrons. The average molecular weight is 371 g/mol. The zero-order chi connectivity index (χ0) is 14.1. The zero-order valence-corrected chi connectivity index (χ0v) is 13.4. The van der Waals surface area contributed by atoms with E-state index in [0.717, 1.165) is 26.7 Å². The molecule has 0 amide bonds. The Kier molecular flexibility index (Phi) is 3.92. The first-order chi connectivity index (χ1) is 9.66. The lowest BCUT2D eigenvalue weighted by molar-refractivity contribution is 0.613. The van der Waals surface area contributed by atoms with Crippen molar-refractivity contribution in [2.75, 3.05) is 5.32 Å². The summed E-state index contributed by atoms with van der Waals surface area (Å²) in [4.78, 5) is 0. The molecule has 2 nitrogen and oxygen atoms in total. The smallest absolute Gasteiger partial charge is 0.199 e. The van der Waals surface area contributed by atoms with Crippen molar-refractivity contribution in [2.24, 2.45) is 0 Å². The summed E-state index contributed by atoms with van der Waals surface area (Å²) in [6, 6.07) is 13.5. The van der Waals surface area contributed by atoms with Gasteiger partial charge in [-0.2, -0.15) is 0 Å². The largest absolute Gasteiger partial charge is 0.444 e. The molecule has 0 saturated heterocycles. The van der Waals surface area contributed by atoms with Gasteiger partial charge in [0, 0.05) is 17.5 Å². The quantitative estimate of drug-likeness (QED) is 0.601. The molecule has 1 heterocycles. The molecule has 0 spiro atoms. The third-order valence-electron chi connectivity index (χ3n) is 3.06. The number of halogens is 3. The van der Waals surface area contributed by atoms with E-state index in [-0.39, 0.29) is 0 Å². The standard InChI is InChI=1S/C15H10BrCl2NO/c16-14-11(17)5-3-6-12(14)19-8-10-9-4-1-2-7-13(9)20-15(10)18/h1-7,19H,8H2. The van der Waals surface area contributed by atoms with Crippen molar-refractivity contribution in [2.45, 2.75) is 6.54 Å². The normalized spacial score (nSPS) is 10.9. The second-order valence-corrected chi connectivity index (χ2v) is 5.85. The fraction of sp³-hybridized carbons (Fsp3) is 0.0667. The van der Waals surface area contributed by atoms with Gasteiger partial charge in [-0.25, -0.2) is 0 Å². The summed E-state index contributed by atoms with van der Waals surface area (Å²) in [7, 11) is 0. The highest BCUT2D eigenvalue weighted by Gasteiger charge is 2.12. The Morgan fingerprint density at radius 1 is 1.05 bits per heavy atom. The minimum absolute atomic E-state index is 0.414. The van der Waals surface area contributed by atoms with Gasteiger partial charge < -0.3 is 9.73 Å². The molecule has 5 heteroatoms. The van der Waals surface area contributed by atoms with Crippen LogP contribution in [-0.2, 0) is 6.54 Å². The lowest BCUT2D eigenvalue weighted by atomic mass is 10.2. The van der Waals surface area contributed by atoms with Crippen LogP contribution in [-0.4, -0.2) is 0 Å². The molecule has 102 valence electrons. The molecule has 0 saturated carbocycles. The van der Waals surface area contributed by atoms with Crippen molar-refractivity contribution < 1.29 is 4.42 Å². The number of hydrogen-bond acceptors (Lipinski definition) is 2. The van der Waals surface area contributed by atoms with Crippen LogP contribution in [0.2, 0.25) is 10.2 Å². The molecule has 0 fully saturated rings. The third kappa shape index (κ3) is 2.53. The molecule has 3 rings (SSSR count). The van der Waals surface area contributed by atoms with Gasteiger partial charge in [-0.3, -0.25) is 0 Å². The van der Waals surface area contributed by atoms with Crippen LogP contribution in [0.3, 0.4) is 0 Å². The summed E-state index contributed by atoms with van der Waals surface area (Å²) in [5.74, 6) is 0. The van der Waals surface area contributed by atoms with Crippen LogP contribution in [0.15, 0.2) is 51.4 Å². The van der Waals surface area contributed by atoms with E-state index in [4.69, 9.17) is 27.6 Å². The first-order valence-electron chi connectivity index (χ1n) is 6.00. The molecule has 2 aromatic carbocycles. The van der Waals surface area contributed by atoms with Gasteiger partial charge in [0.1, 0.15) is 5.58 Å². The predicted octanol–water partition coefficient (Wildman–Crippen LogP) is 6.11. The van der Waals surface area contributed by atoms with E-state index in [1.807, 2.05) is 42.5 Å². The predicted molar refractivity (Wildman–Crippen MR) is 87.7 cm³/mol. The van der Waals surface area contributed by atoms with E-state index in [9.17, 15) is 0 Å². The van der Waals surface area contributed by atoms with Crippen molar-refractivity contribution >= 4 is 55.8 Å². The molecule has 0 aliphatic rings. The Labute approximate surface area is 134 Å². The highest BCUT2D eigenvalue weighted by atomic mass is 79.9. The third-order valence-corrected chi connectivity index (χ3v) is 4.76. The Balaban J connectivity index is 1.90. The lowest BCUT2D eigenvalue weighted by Gasteiger charge is -2.09. The average Bonchev–Trinajstić information content (AvgIpc) is 2.76. The summed E-state index contributed by atoms with van der Waals surface area (Å²) >= 11 is 15.7. The number of nitrogens with one attached hydrogen (secondary N) is 1. The second kappa shape index (κ2) is 5.68. The van der Waals surface area contributed by atoms with Crippen LogP contribution in [0, 0.1) is 0 Å². The zero-order valence-electron chi connectivity index (χ0n) is 10.3. The maximum Gasteiger partial charge on any atom is 0.199 e. The fourth-order valence-corrected chi connectivity index (χ4v) is 2.89. The molecule has 0 bridgehead atoms. The van der Waals surface area contributed by atoms with Gasteiger partial charge in [-0.1, -0.05) is 35.9 Å². The molecular formula is C15H10BrCl2NO. The van der Waals surface area contributed by atoms with Crippen LogP contribution in [0.5, 0.6) is 0 Å². The van der Waals surface area contributed by atoms with Gasteiger partial charge >= 0.3 is 0 Å². The number of hydrogen-bond donors (Lipinski definition) is 1. The van der Waals surface area contributed by atoms with E-state index in [2.05, 4.69) is 21.2 Å². The Bertz CT molecular complexity index is 770. The first kappa shape index (κ1) is 13.8. The van der Waals surface area contributed by atoms with Crippen molar-refractivity contribution in [1.82, 2.24) is 0 Å². The molecule has 1 aromatic heterocycles. The van der Waals surface area contributed by atoms with Crippen molar-refractivity contribution in [3.63, 3.8) is 0 Å². The van der Waals surface area contributed by atoms with Crippen LogP contribution >= 0.6 is 39.1 Å². The van der Waals surface area contributed by atoms with Gasteiger partial charge in [0.2, 0.25) is 0 Å². The molecule has 20 heavy (non-hydrogen) atoms. The summed E-state index contributed by atoms with van der Waals surface area (Å²) < 4.78 is 6.37. The van der Waals surface area contributed by atoms with Crippen LogP contribution in [0.25, 0.3) is 11.0 Å². The van der Waals surface area contributed by atoms with Crippen molar-refractivity contribution in [1.29, 1.82) is 0 Å². The summed E-state index contributed by atoms with van der Waals surface area (Å²) in [6.07, 6.45) is 0. The van der Waals surface area contributed by atoms with Crippen molar-refractivity contribution in [3.8, 4) is 0 Å². The van der Waals surface area contributed by atoms with E-state index < -0.39 is 0 Å². The Hall–Kier alpha value is -1.16. The summed E-state index contributed by atoms with van der Waals surface area (Å²) in [5.41, 5.74) is 2.65. The summed E-state index contributed by atoms with van der Waals surface area (Å²) in [5, 5.41) is 5.41. The van der Waals surface area contributed by atoms with Gasteiger partial charge in [0.25, 0.3) is 0 Å². The highest BCUT2D eigenvalue weighted by molar-refractivity contribution is 9.10. The first-order valence-corrected chi connectivity index (χ1v) is 7.55. The number of anilines is 1. The maximum atomic E-state index is 6.16. The molecular weight excluding hydrogens is 361 g/mol. The monoisotopic (exact) mass is 369 g/mol. The summed E-state index contributed by atoms with van der Waals surface area (Å²) in [6.45, 7) is 0.564. The molecule has 0 aliphatic carbocycles. The maximum absolute atomic E-state index is 6.16. The molecule has 0 atom stereocenters. The SMILES string of the molecule is Clc1cccc(NCc2c(Cl)oc3ccccc23)c1Br. The number of rotatable bonds is 3.